The summed E-state index contributed by atoms with van der Waals surface area (Å²) in [6.45, 7) is 6.93. The molecule has 0 spiro atoms. The van der Waals surface area contributed by atoms with Crippen molar-refractivity contribution >= 4 is 11.8 Å². The summed E-state index contributed by atoms with van der Waals surface area (Å²) in [4.78, 5) is 28.9. The molecule has 1 aliphatic carbocycles. The number of rotatable bonds is 3. The molecule has 0 bridgehead atoms. The predicted molar refractivity (Wildman–Crippen MR) is 81.6 cm³/mol. The van der Waals surface area contributed by atoms with Crippen molar-refractivity contribution in [2.45, 2.75) is 58.4 Å². The van der Waals surface area contributed by atoms with Crippen LogP contribution in [0.5, 0.6) is 0 Å². The van der Waals surface area contributed by atoms with E-state index in [0.717, 1.165) is 58.2 Å². The maximum Gasteiger partial charge on any atom is 0.226 e. The van der Waals surface area contributed by atoms with Gasteiger partial charge in [0.2, 0.25) is 11.8 Å². The first-order valence-electron chi connectivity index (χ1n) is 8.67. The third-order valence-corrected chi connectivity index (χ3v) is 5.43. The highest BCUT2D eigenvalue weighted by Gasteiger charge is 2.38. The molecule has 0 N–H and O–H groups in total. The summed E-state index contributed by atoms with van der Waals surface area (Å²) in [5.41, 5.74) is 0. The number of likely N-dealkylation sites (tertiary alicyclic amines) is 2. The van der Waals surface area contributed by atoms with Gasteiger partial charge >= 0.3 is 0 Å². The van der Waals surface area contributed by atoms with E-state index in [1.807, 2.05) is 4.90 Å². The number of carbonyl (C=O) groups excluding carboxylic acids is 2. The molecule has 2 amide bonds. The predicted octanol–water partition coefficient (Wildman–Crippen LogP) is 2.28. The summed E-state index contributed by atoms with van der Waals surface area (Å²) in [5.74, 6) is 1.69. The van der Waals surface area contributed by atoms with Gasteiger partial charge in [0.15, 0.2) is 0 Å². The van der Waals surface area contributed by atoms with Crippen LogP contribution in [0.4, 0.5) is 0 Å². The normalized spacial score (nSPS) is 27.5. The van der Waals surface area contributed by atoms with Crippen LogP contribution < -0.4 is 0 Å². The maximum atomic E-state index is 12.8. The summed E-state index contributed by atoms with van der Waals surface area (Å²) >= 11 is 0. The Balaban J connectivity index is 1.53. The van der Waals surface area contributed by atoms with E-state index in [2.05, 4.69) is 18.7 Å². The molecule has 3 rings (SSSR count). The minimum atomic E-state index is 0.146. The molecule has 4 nitrogen and oxygen atoms in total. The highest BCUT2D eigenvalue weighted by Crippen LogP contribution is 2.33. The van der Waals surface area contributed by atoms with Crippen molar-refractivity contribution in [1.29, 1.82) is 0 Å². The summed E-state index contributed by atoms with van der Waals surface area (Å²) in [5, 5.41) is 0. The molecule has 118 valence electrons. The van der Waals surface area contributed by atoms with Crippen LogP contribution >= 0.6 is 0 Å². The van der Waals surface area contributed by atoms with Crippen LogP contribution in [0.3, 0.4) is 0 Å². The Morgan fingerprint density at radius 3 is 2.05 bits per heavy atom. The van der Waals surface area contributed by atoms with Gasteiger partial charge in [-0.1, -0.05) is 13.8 Å². The fourth-order valence-electron chi connectivity index (χ4n) is 3.93. The zero-order chi connectivity index (χ0) is 15.0. The Bertz CT molecular complexity index is 409. The van der Waals surface area contributed by atoms with Gasteiger partial charge in [-0.3, -0.25) is 9.59 Å². The molecule has 4 heteroatoms. The van der Waals surface area contributed by atoms with Crippen LogP contribution in [-0.2, 0) is 9.59 Å². The zero-order valence-electron chi connectivity index (χ0n) is 13.4. The van der Waals surface area contributed by atoms with Gasteiger partial charge in [-0.25, -0.2) is 0 Å². The van der Waals surface area contributed by atoms with Crippen molar-refractivity contribution in [3.05, 3.63) is 0 Å². The van der Waals surface area contributed by atoms with Crippen LogP contribution in [-0.4, -0.2) is 47.3 Å². The van der Waals surface area contributed by atoms with Gasteiger partial charge in [-0.15, -0.1) is 0 Å². The monoisotopic (exact) mass is 292 g/mol. The number of amides is 2. The van der Waals surface area contributed by atoms with E-state index in [0.29, 0.717) is 29.7 Å². The molecule has 0 aromatic rings. The summed E-state index contributed by atoms with van der Waals surface area (Å²) < 4.78 is 0. The molecule has 2 heterocycles. The molecule has 3 fully saturated rings. The molecule has 3 aliphatic rings. The Kier molecular flexibility index (Phi) is 4.23. The molecular formula is C17H28N2O2. The molecule has 1 atom stereocenters. The van der Waals surface area contributed by atoms with Gasteiger partial charge in [-0.05, 0) is 44.4 Å². The van der Waals surface area contributed by atoms with Crippen molar-refractivity contribution in [2.75, 3.05) is 19.6 Å². The van der Waals surface area contributed by atoms with Crippen LogP contribution in [0.15, 0.2) is 0 Å². The van der Waals surface area contributed by atoms with E-state index < -0.39 is 0 Å². The third kappa shape index (κ3) is 3.09. The molecule has 0 radical (unpaired) electrons. The summed E-state index contributed by atoms with van der Waals surface area (Å²) in [7, 11) is 0. The SMILES string of the molecule is CC(C)[C@H]1CCCN1C(=O)C1CCN(C(=O)C2CC2)CC1. The fourth-order valence-corrected chi connectivity index (χ4v) is 3.93. The van der Waals surface area contributed by atoms with Crippen LogP contribution in [0.25, 0.3) is 0 Å². The summed E-state index contributed by atoms with van der Waals surface area (Å²) in [6, 6.07) is 0.434. The zero-order valence-corrected chi connectivity index (χ0v) is 13.4. The highest BCUT2D eigenvalue weighted by atomic mass is 16.2. The molecule has 0 aromatic heterocycles. The van der Waals surface area contributed by atoms with Crippen LogP contribution in [0.2, 0.25) is 0 Å². The first-order valence-corrected chi connectivity index (χ1v) is 8.67. The van der Waals surface area contributed by atoms with Crippen molar-refractivity contribution in [3.8, 4) is 0 Å². The maximum absolute atomic E-state index is 12.8. The minimum absolute atomic E-state index is 0.146. The van der Waals surface area contributed by atoms with E-state index in [-0.39, 0.29) is 5.92 Å². The number of hydrogen-bond donors (Lipinski definition) is 0. The molecule has 2 saturated heterocycles. The number of nitrogens with zero attached hydrogens (tertiary/aromatic N) is 2. The Morgan fingerprint density at radius 1 is 0.857 bits per heavy atom. The van der Waals surface area contributed by atoms with E-state index >= 15 is 0 Å². The second kappa shape index (κ2) is 5.98. The average molecular weight is 292 g/mol. The number of piperidine rings is 1. The second-order valence-electron chi connectivity index (χ2n) is 7.36. The number of hydrogen-bond acceptors (Lipinski definition) is 2. The summed E-state index contributed by atoms with van der Waals surface area (Å²) in [6.07, 6.45) is 6.16. The van der Waals surface area contributed by atoms with Crippen molar-refractivity contribution in [3.63, 3.8) is 0 Å². The van der Waals surface area contributed by atoms with Crippen LogP contribution in [0.1, 0.15) is 52.4 Å². The van der Waals surface area contributed by atoms with Crippen molar-refractivity contribution in [2.24, 2.45) is 17.8 Å². The first-order chi connectivity index (χ1) is 10.1. The fraction of sp³-hybridized carbons (Fsp3) is 0.882. The molecule has 2 aliphatic heterocycles. The smallest absolute Gasteiger partial charge is 0.226 e. The van der Waals surface area contributed by atoms with Gasteiger partial charge in [0.25, 0.3) is 0 Å². The minimum Gasteiger partial charge on any atom is -0.342 e. The highest BCUT2D eigenvalue weighted by molar-refractivity contribution is 5.82. The van der Waals surface area contributed by atoms with E-state index in [4.69, 9.17) is 0 Å². The lowest BCUT2D eigenvalue weighted by Crippen LogP contribution is -2.47. The number of carbonyl (C=O) groups is 2. The van der Waals surface area contributed by atoms with Gasteiger partial charge < -0.3 is 9.80 Å². The average Bonchev–Trinajstić information content (AvgIpc) is 3.22. The lowest BCUT2D eigenvalue weighted by Gasteiger charge is -2.36. The van der Waals surface area contributed by atoms with Gasteiger partial charge in [0.1, 0.15) is 0 Å². The second-order valence-corrected chi connectivity index (χ2v) is 7.36. The van der Waals surface area contributed by atoms with Gasteiger partial charge in [0.05, 0.1) is 0 Å². The first kappa shape index (κ1) is 14.9. The largest absolute Gasteiger partial charge is 0.342 e. The van der Waals surface area contributed by atoms with Crippen molar-refractivity contribution in [1.82, 2.24) is 9.80 Å². The van der Waals surface area contributed by atoms with Gasteiger partial charge in [0, 0.05) is 37.5 Å². The van der Waals surface area contributed by atoms with E-state index in [1.165, 1.54) is 0 Å². The van der Waals surface area contributed by atoms with Crippen LogP contribution in [0, 0.1) is 17.8 Å². The van der Waals surface area contributed by atoms with Crippen molar-refractivity contribution < 1.29 is 9.59 Å². The quantitative estimate of drug-likeness (QED) is 0.800. The Morgan fingerprint density at radius 2 is 1.48 bits per heavy atom. The Labute approximate surface area is 127 Å². The molecule has 0 unspecified atom stereocenters. The van der Waals surface area contributed by atoms with Gasteiger partial charge in [-0.2, -0.15) is 0 Å². The molecule has 1 saturated carbocycles. The van der Waals surface area contributed by atoms with E-state index in [1.54, 1.807) is 0 Å². The molecular weight excluding hydrogens is 264 g/mol. The lowest BCUT2D eigenvalue weighted by atomic mass is 9.93. The lowest BCUT2D eigenvalue weighted by molar-refractivity contribution is -0.142. The Hall–Kier alpha value is -1.06. The molecule has 21 heavy (non-hydrogen) atoms. The molecule has 0 aromatic carbocycles. The topological polar surface area (TPSA) is 40.6 Å². The standard InChI is InChI=1S/C17H28N2O2/c1-12(2)15-4-3-9-19(15)17(21)14-7-10-18(11-8-14)16(20)13-5-6-13/h12-15H,3-11H2,1-2H3/t15-/m1/s1. The van der Waals surface area contributed by atoms with E-state index in [9.17, 15) is 9.59 Å². The third-order valence-electron chi connectivity index (χ3n) is 5.43.